The zero-order valence-electron chi connectivity index (χ0n) is 18.2. The third-order valence-electron chi connectivity index (χ3n) is 4.68. The predicted octanol–water partition coefficient (Wildman–Crippen LogP) is 2.25. The highest BCUT2D eigenvalue weighted by molar-refractivity contribution is 7.90. The number of nitrogens with zero attached hydrogens (tertiary/aromatic N) is 3. The second kappa shape index (κ2) is 11.1. The van der Waals surface area contributed by atoms with Crippen LogP contribution in [0.15, 0.2) is 54.6 Å². The molecule has 0 unspecified atom stereocenters. The van der Waals surface area contributed by atoms with Crippen molar-refractivity contribution in [2.24, 2.45) is 0 Å². The Morgan fingerprint density at radius 2 is 1.60 bits per heavy atom. The molecule has 8 heteroatoms. The third kappa shape index (κ3) is 7.12. The Bertz CT molecular complexity index is 900. The lowest BCUT2D eigenvalue weighted by molar-refractivity contribution is -0.119. The molecule has 0 fully saturated rings. The molecule has 0 atom stereocenters. The van der Waals surface area contributed by atoms with Crippen molar-refractivity contribution < 1.29 is 13.2 Å². The molecule has 0 saturated carbocycles. The molecule has 0 saturated heterocycles. The fourth-order valence-electron chi connectivity index (χ4n) is 2.95. The Balaban J connectivity index is 1.87. The van der Waals surface area contributed by atoms with Gasteiger partial charge in [-0.2, -0.15) is 12.7 Å². The van der Waals surface area contributed by atoms with Crippen LogP contribution in [0.2, 0.25) is 0 Å². The van der Waals surface area contributed by atoms with E-state index in [4.69, 9.17) is 0 Å². The largest absolute Gasteiger partial charge is 0.354 e. The van der Waals surface area contributed by atoms with Crippen LogP contribution in [0.3, 0.4) is 0 Å². The fourth-order valence-corrected chi connectivity index (χ4v) is 4.01. The van der Waals surface area contributed by atoms with E-state index in [1.54, 1.807) is 12.1 Å². The normalized spacial score (nSPS) is 11.7. The summed E-state index contributed by atoms with van der Waals surface area (Å²) >= 11 is 0. The van der Waals surface area contributed by atoms with Crippen LogP contribution in [0, 0.1) is 6.92 Å². The van der Waals surface area contributed by atoms with Crippen LogP contribution in [0.1, 0.15) is 17.5 Å². The first kappa shape index (κ1) is 23.9. The Kier molecular flexibility index (Phi) is 8.83. The van der Waals surface area contributed by atoms with Gasteiger partial charge in [0.05, 0.1) is 5.69 Å². The number of hydrogen-bond acceptors (Lipinski definition) is 4. The van der Waals surface area contributed by atoms with Crippen molar-refractivity contribution >= 4 is 21.8 Å². The van der Waals surface area contributed by atoms with Crippen molar-refractivity contribution in [3.63, 3.8) is 0 Å². The Hall–Kier alpha value is -2.42. The number of amides is 1. The highest BCUT2D eigenvalue weighted by Gasteiger charge is 2.27. The lowest BCUT2D eigenvalue weighted by Crippen LogP contribution is -2.46. The molecule has 0 bridgehead atoms. The van der Waals surface area contributed by atoms with Crippen molar-refractivity contribution in [1.29, 1.82) is 0 Å². The molecular formula is C22H32N4O3S. The minimum Gasteiger partial charge on any atom is -0.354 e. The zero-order chi connectivity index (χ0) is 22.1. The van der Waals surface area contributed by atoms with Crippen LogP contribution in [-0.4, -0.2) is 64.3 Å². The minimum atomic E-state index is -3.78. The van der Waals surface area contributed by atoms with Gasteiger partial charge in [0.25, 0.3) is 0 Å². The number of anilines is 1. The quantitative estimate of drug-likeness (QED) is 0.553. The van der Waals surface area contributed by atoms with E-state index in [1.165, 1.54) is 19.7 Å². The summed E-state index contributed by atoms with van der Waals surface area (Å²) in [6.07, 6.45) is 0.778. The molecular weight excluding hydrogens is 400 g/mol. The number of rotatable bonds is 11. The summed E-state index contributed by atoms with van der Waals surface area (Å²) in [6.45, 7) is 3.82. The van der Waals surface area contributed by atoms with E-state index in [0.717, 1.165) is 33.7 Å². The average molecular weight is 433 g/mol. The number of nitrogens with one attached hydrogen (secondary N) is 1. The van der Waals surface area contributed by atoms with Gasteiger partial charge in [-0.05, 0) is 44.6 Å². The fraction of sp³-hybridized carbons (Fsp3) is 0.409. The van der Waals surface area contributed by atoms with Crippen molar-refractivity contribution in [2.45, 2.75) is 19.9 Å². The molecule has 0 spiro atoms. The number of carbonyl (C=O) groups excluding carboxylic acids is 1. The summed E-state index contributed by atoms with van der Waals surface area (Å²) < 4.78 is 27.7. The first-order chi connectivity index (χ1) is 14.2. The van der Waals surface area contributed by atoms with Crippen molar-refractivity contribution in [2.75, 3.05) is 45.1 Å². The molecule has 0 heterocycles. The summed E-state index contributed by atoms with van der Waals surface area (Å²) in [5.41, 5.74) is 2.73. The van der Waals surface area contributed by atoms with Gasteiger partial charge >= 0.3 is 10.2 Å². The van der Waals surface area contributed by atoms with E-state index in [0.29, 0.717) is 12.2 Å². The first-order valence-corrected chi connectivity index (χ1v) is 11.4. The van der Waals surface area contributed by atoms with Crippen molar-refractivity contribution in [1.82, 2.24) is 14.5 Å². The number of hydrogen-bond donors (Lipinski definition) is 1. The highest BCUT2D eigenvalue weighted by atomic mass is 32.2. The molecule has 2 aromatic rings. The first-order valence-electron chi connectivity index (χ1n) is 9.96. The van der Waals surface area contributed by atoms with Gasteiger partial charge in [-0.25, -0.2) is 4.31 Å². The molecule has 164 valence electrons. The second-order valence-corrected chi connectivity index (χ2v) is 9.63. The molecule has 2 rings (SSSR count). The molecule has 1 amide bonds. The lowest BCUT2D eigenvalue weighted by Gasteiger charge is -2.27. The van der Waals surface area contributed by atoms with E-state index < -0.39 is 10.2 Å². The number of carbonyl (C=O) groups is 1. The molecule has 0 radical (unpaired) electrons. The molecule has 1 N–H and O–H groups in total. The predicted molar refractivity (Wildman–Crippen MR) is 122 cm³/mol. The van der Waals surface area contributed by atoms with Crippen LogP contribution in [0.25, 0.3) is 0 Å². The topological polar surface area (TPSA) is 73.0 Å². The second-order valence-electron chi connectivity index (χ2n) is 7.56. The molecule has 0 aliphatic carbocycles. The minimum absolute atomic E-state index is 0.260. The Morgan fingerprint density at radius 3 is 2.20 bits per heavy atom. The SMILES string of the molecule is Cc1ccc(N(CC(=O)NCCCN(C)Cc2ccccc2)S(=O)(=O)N(C)C)cc1. The summed E-state index contributed by atoms with van der Waals surface area (Å²) in [5, 5.41) is 2.83. The van der Waals surface area contributed by atoms with Gasteiger partial charge in [-0.15, -0.1) is 0 Å². The summed E-state index contributed by atoms with van der Waals surface area (Å²) in [5.74, 6) is -0.327. The molecule has 7 nitrogen and oxygen atoms in total. The van der Waals surface area contributed by atoms with Crippen LogP contribution >= 0.6 is 0 Å². The van der Waals surface area contributed by atoms with Gasteiger partial charge in [0.1, 0.15) is 6.54 Å². The molecule has 0 aromatic heterocycles. The summed E-state index contributed by atoms with van der Waals surface area (Å²) in [4.78, 5) is 14.6. The van der Waals surface area contributed by atoms with Gasteiger partial charge < -0.3 is 10.2 Å². The monoisotopic (exact) mass is 432 g/mol. The number of aryl methyl sites for hydroxylation is 1. The van der Waals surface area contributed by atoms with Gasteiger partial charge in [-0.1, -0.05) is 48.0 Å². The van der Waals surface area contributed by atoms with Crippen LogP contribution in [0.4, 0.5) is 5.69 Å². The molecule has 2 aromatic carbocycles. The smallest absolute Gasteiger partial charge is 0.304 e. The summed E-state index contributed by atoms with van der Waals surface area (Å²) in [6, 6.07) is 17.3. The highest BCUT2D eigenvalue weighted by Crippen LogP contribution is 2.19. The Labute approximate surface area is 180 Å². The van der Waals surface area contributed by atoms with Gasteiger partial charge in [0.2, 0.25) is 5.91 Å². The van der Waals surface area contributed by atoms with E-state index in [2.05, 4.69) is 22.3 Å². The molecule has 0 aliphatic heterocycles. The molecule has 30 heavy (non-hydrogen) atoms. The average Bonchev–Trinajstić information content (AvgIpc) is 2.71. The van der Waals surface area contributed by atoms with E-state index in [-0.39, 0.29) is 12.5 Å². The zero-order valence-corrected chi connectivity index (χ0v) is 19.0. The van der Waals surface area contributed by atoms with Crippen LogP contribution in [0.5, 0.6) is 0 Å². The van der Waals surface area contributed by atoms with Gasteiger partial charge in [0.15, 0.2) is 0 Å². The lowest BCUT2D eigenvalue weighted by atomic mass is 10.2. The maximum Gasteiger partial charge on any atom is 0.304 e. The van der Waals surface area contributed by atoms with Crippen LogP contribution in [-0.2, 0) is 21.5 Å². The van der Waals surface area contributed by atoms with Crippen molar-refractivity contribution in [3.05, 3.63) is 65.7 Å². The van der Waals surface area contributed by atoms with Crippen LogP contribution < -0.4 is 9.62 Å². The van der Waals surface area contributed by atoms with Crippen molar-refractivity contribution in [3.8, 4) is 0 Å². The molecule has 0 aliphatic rings. The third-order valence-corrected chi connectivity index (χ3v) is 6.50. The number of benzene rings is 2. The van der Waals surface area contributed by atoms with Gasteiger partial charge in [-0.3, -0.25) is 4.79 Å². The maximum atomic E-state index is 12.7. The van der Waals surface area contributed by atoms with E-state index in [1.807, 2.05) is 44.3 Å². The maximum absolute atomic E-state index is 12.7. The van der Waals surface area contributed by atoms with E-state index in [9.17, 15) is 13.2 Å². The standard InChI is InChI=1S/C22H32N4O3S/c1-19-11-13-21(14-12-19)26(30(28,29)24(2)3)18-22(27)23-15-8-16-25(4)17-20-9-6-5-7-10-20/h5-7,9-14H,8,15-18H2,1-4H3,(H,23,27). The summed E-state index contributed by atoms with van der Waals surface area (Å²) in [7, 11) is 1.17. The Morgan fingerprint density at radius 1 is 0.967 bits per heavy atom. The van der Waals surface area contributed by atoms with E-state index >= 15 is 0 Å². The van der Waals surface area contributed by atoms with Gasteiger partial charge in [0, 0.05) is 27.2 Å².